The van der Waals surface area contributed by atoms with Crippen LogP contribution < -0.4 is 11.5 Å². The molecule has 0 aromatic rings. The number of nitrogens with two attached hydrogens (primary N) is 2. The van der Waals surface area contributed by atoms with E-state index in [1.807, 2.05) is 0 Å². The first kappa shape index (κ1) is 11.2. The SMILES string of the molecule is NCCCCS(=O)(=O)OC(N)=O. The van der Waals surface area contributed by atoms with Gasteiger partial charge in [-0.05, 0) is 19.4 Å². The Bertz CT molecular complexity index is 236. The lowest BCUT2D eigenvalue weighted by Crippen LogP contribution is -2.21. The van der Waals surface area contributed by atoms with Crippen LogP contribution in [-0.2, 0) is 14.3 Å². The summed E-state index contributed by atoms with van der Waals surface area (Å²) >= 11 is 0. The maximum Gasteiger partial charge on any atom is 0.420 e. The number of unbranched alkanes of at least 4 members (excludes halogenated alkanes) is 1. The maximum absolute atomic E-state index is 10.8. The molecule has 0 fully saturated rings. The second-order valence-corrected chi connectivity index (χ2v) is 3.85. The molecule has 0 rings (SSSR count). The normalized spacial score (nSPS) is 11.1. The summed E-state index contributed by atoms with van der Waals surface area (Å²) in [5, 5.41) is 0. The van der Waals surface area contributed by atoms with Crippen LogP contribution in [0, 0.1) is 0 Å². The molecular formula is C5H12N2O4S. The van der Waals surface area contributed by atoms with Crippen molar-refractivity contribution in [1.82, 2.24) is 0 Å². The van der Waals surface area contributed by atoms with Gasteiger partial charge in [0.05, 0.1) is 5.75 Å². The van der Waals surface area contributed by atoms with Crippen LogP contribution in [0.5, 0.6) is 0 Å². The standard InChI is InChI=1S/C5H12N2O4S/c6-3-1-2-4-12(9,10)11-5(7)8/h1-4,6H2,(H2,7,8). The number of hydrogen-bond acceptors (Lipinski definition) is 5. The van der Waals surface area contributed by atoms with Crippen LogP contribution in [0.15, 0.2) is 0 Å². The smallest absolute Gasteiger partial charge is 0.334 e. The molecule has 0 bridgehead atoms. The number of amides is 1. The first-order chi connectivity index (χ1) is 5.48. The molecule has 7 heteroatoms. The van der Waals surface area contributed by atoms with Gasteiger partial charge in [0.15, 0.2) is 0 Å². The quantitative estimate of drug-likeness (QED) is 0.439. The lowest BCUT2D eigenvalue weighted by Gasteiger charge is -2.01. The molecule has 6 nitrogen and oxygen atoms in total. The van der Waals surface area contributed by atoms with Crippen LogP contribution >= 0.6 is 0 Å². The molecule has 72 valence electrons. The Morgan fingerprint density at radius 1 is 1.33 bits per heavy atom. The van der Waals surface area contributed by atoms with Crippen LogP contribution in [-0.4, -0.2) is 26.8 Å². The molecule has 12 heavy (non-hydrogen) atoms. The van der Waals surface area contributed by atoms with Crippen molar-refractivity contribution in [1.29, 1.82) is 0 Å². The third-order valence-electron chi connectivity index (χ3n) is 1.06. The molecule has 4 N–H and O–H groups in total. The van der Waals surface area contributed by atoms with Crippen LogP contribution in [0.3, 0.4) is 0 Å². The van der Waals surface area contributed by atoms with Crippen molar-refractivity contribution >= 4 is 16.2 Å². The fourth-order valence-corrected chi connectivity index (χ4v) is 1.48. The van der Waals surface area contributed by atoms with Crippen molar-refractivity contribution in [2.24, 2.45) is 11.5 Å². The highest BCUT2D eigenvalue weighted by atomic mass is 32.2. The lowest BCUT2D eigenvalue weighted by molar-refractivity contribution is 0.212. The Morgan fingerprint density at radius 2 is 1.92 bits per heavy atom. The van der Waals surface area contributed by atoms with Gasteiger partial charge in [0.25, 0.3) is 0 Å². The fourth-order valence-electron chi connectivity index (χ4n) is 0.590. The van der Waals surface area contributed by atoms with Gasteiger partial charge in [-0.3, -0.25) is 0 Å². The first-order valence-electron chi connectivity index (χ1n) is 3.39. The van der Waals surface area contributed by atoms with E-state index in [1.165, 1.54) is 0 Å². The predicted octanol–water partition coefficient (Wildman–Crippen LogP) is -0.850. The van der Waals surface area contributed by atoms with Crippen molar-refractivity contribution in [3.8, 4) is 0 Å². The average Bonchev–Trinajstić information content (AvgIpc) is 1.84. The van der Waals surface area contributed by atoms with E-state index in [9.17, 15) is 13.2 Å². The van der Waals surface area contributed by atoms with Crippen LogP contribution in [0.2, 0.25) is 0 Å². The molecule has 0 radical (unpaired) electrons. The molecule has 0 aromatic carbocycles. The van der Waals surface area contributed by atoms with E-state index in [1.54, 1.807) is 0 Å². The number of carbonyl (C=O) groups is 1. The molecule has 0 spiro atoms. The van der Waals surface area contributed by atoms with E-state index in [0.29, 0.717) is 19.4 Å². The molecule has 0 aliphatic rings. The molecular weight excluding hydrogens is 184 g/mol. The Hall–Kier alpha value is -0.820. The van der Waals surface area contributed by atoms with Crippen LogP contribution in [0.25, 0.3) is 0 Å². The van der Waals surface area contributed by atoms with Gasteiger partial charge >= 0.3 is 16.2 Å². The van der Waals surface area contributed by atoms with E-state index >= 15 is 0 Å². The van der Waals surface area contributed by atoms with Gasteiger partial charge in [0.2, 0.25) is 0 Å². The minimum Gasteiger partial charge on any atom is -0.334 e. The summed E-state index contributed by atoms with van der Waals surface area (Å²) in [5.41, 5.74) is 9.65. The lowest BCUT2D eigenvalue weighted by atomic mass is 10.3. The monoisotopic (exact) mass is 196 g/mol. The molecule has 0 unspecified atom stereocenters. The summed E-state index contributed by atoms with van der Waals surface area (Å²) in [6.07, 6.45) is -0.365. The minimum atomic E-state index is -3.78. The van der Waals surface area contributed by atoms with E-state index in [0.717, 1.165) is 0 Å². The van der Waals surface area contributed by atoms with E-state index in [-0.39, 0.29) is 5.75 Å². The number of hydrogen-bond donors (Lipinski definition) is 2. The molecule has 0 saturated carbocycles. The molecule has 0 atom stereocenters. The van der Waals surface area contributed by atoms with Gasteiger partial charge in [0.1, 0.15) is 0 Å². The van der Waals surface area contributed by atoms with Crippen molar-refractivity contribution in [2.75, 3.05) is 12.3 Å². The second-order valence-electron chi connectivity index (χ2n) is 2.16. The van der Waals surface area contributed by atoms with E-state index < -0.39 is 16.2 Å². The minimum absolute atomic E-state index is 0.229. The summed E-state index contributed by atoms with van der Waals surface area (Å²) in [4.78, 5) is 10.0. The van der Waals surface area contributed by atoms with Gasteiger partial charge < -0.3 is 15.7 Å². The Balaban J connectivity index is 3.81. The first-order valence-corrected chi connectivity index (χ1v) is 4.97. The summed E-state index contributed by atoms with van der Waals surface area (Å²) in [5.74, 6) is -0.229. The number of primary amides is 1. The van der Waals surface area contributed by atoms with Gasteiger partial charge in [-0.2, -0.15) is 8.42 Å². The zero-order valence-electron chi connectivity index (χ0n) is 6.52. The molecule has 0 aromatic heterocycles. The summed E-state index contributed by atoms with van der Waals surface area (Å²) in [7, 11) is -3.78. The van der Waals surface area contributed by atoms with Gasteiger partial charge in [0, 0.05) is 0 Å². The highest BCUT2D eigenvalue weighted by Gasteiger charge is 2.13. The molecule has 0 aliphatic heterocycles. The number of rotatable bonds is 5. The third-order valence-corrected chi connectivity index (χ3v) is 2.26. The predicted molar refractivity (Wildman–Crippen MR) is 42.7 cm³/mol. The van der Waals surface area contributed by atoms with Crippen molar-refractivity contribution < 1.29 is 17.4 Å². The Morgan fingerprint density at radius 3 is 2.33 bits per heavy atom. The highest BCUT2D eigenvalue weighted by molar-refractivity contribution is 7.87. The number of carbonyl (C=O) groups excluding carboxylic acids is 1. The highest BCUT2D eigenvalue weighted by Crippen LogP contribution is 1.97. The average molecular weight is 196 g/mol. The summed E-state index contributed by atoms with van der Waals surface area (Å²) < 4.78 is 25.4. The van der Waals surface area contributed by atoms with Gasteiger partial charge in [-0.1, -0.05) is 0 Å². The summed E-state index contributed by atoms with van der Waals surface area (Å²) in [6, 6.07) is 0. The van der Waals surface area contributed by atoms with Crippen LogP contribution in [0.1, 0.15) is 12.8 Å². The van der Waals surface area contributed by atoms with E-state index in [4.69, 9.17) is 5.73 Å². The molecule has 0 heterocycles. The third kappa shape index (κ3) is 5.93. The Labute approximate surface area is 71.0 Å². The fraction of sp³-hybridized carbons (Fsp3) is 0.800. The van der Waals surface area contributed by atoms with Crippen molar-refractivity contribution in [3.63, 3.8) is 0 Å². The van der Waals surface area contributed by atoms with Crippen molar-refractivity contribution in [3.05, 3.63) is 0 Å². The topological polar surface area (TPSA) is 112 Å². The molecule has 0 saturated heterocycles. The zero-order valence-corrected chi connectivity index (χ0v) is 7.34. The maximum atomic E-state index is 10.8. The molecule has 1 amide bonds. The van der Waals surface area contributed by atoms with Gasteiger partial charge in [-0.15, -0.1) is 0 Å². The summed E-state index contributed by atoms with van der Waals surface area (Å²) in [6.45, 7) is 0.409. The largest absolute Gasteiger partial charge is 0.420 e. The van der Waals surface area contributed by atoms with Crippen LogP contribution in [0.4, 0.5) is 4.79 Å². The zero-order chi connectivity index (χ0) is 9.61. The second kappa shape index (κ2) is 4.94. The van der Waals surface area contributed by atoms with E-state index in [2.05, 4.69) is 9.92 Å². The van der Waals surface area contributed by atoms with Crippen molar-refractivity contribution in [2.45, 2.75) is 12.8 Å². The molecule has 0 aliphatic carbocycles. The van der Waals surface area contributed by atoms with Gasteiger partial charge in [-0.25, -0.2) is 4.79 Å². The Kier molecular flexibility index (Phi) is 4.60.